The predicted molar refractivity (Wildman–Crippen MR) is 103 cm³/mol. The first-order chi connectivity index (χ1) is 13.1. The minimum atomic E-state index is -4.19. The Bertz CT molecular complexity index is 934. The Morgan fingerprint density at radius 3 is 2.79 bits per heavy atom. The first-order valence-electron chi connectivity index (χ1n) is 9.74. The summed E-state index contributed by atoms with van der Waals surface area (Å²) in [5.74, 6) is -1.37. The highest BCUT2D eigenvalue weighted by Crippen LogP contribution is 2.44. The zero-order valence-electron chi connectivity index (χ0n) is 16.1. The first kappa shape index (κ1) is 19.4. The van der Waals surface area contributed by atoms with Crippen LogP contribution in [-0.2, 0) is 27.8 Å². The van der Waals surface area contributed by atoms with Gasteiger partial charge in [0.2, 0.25) is 0 Å². The maximum absolute atomic E-state index is 15.4. The molecular formula is C19H26FN3O4S. The van der Waals surface area contributed by atoms with Crippen LogP contribution in [-0.4, -0.2) is 37.6 Å². The predicted octanol–water partition coefficient (Wildman–Crippen LogP) is 1.74. The molecular weight excluding hydrogens is 385 g/mol. The van der Waals surface area contributed by atoms with E-state index in [4.69, 9.17) is 0 Å². The van der Waals surface area contributed by atoms with Gasteiger partial charge in [-0.1, -0.05) is 13.8 Å². The molecule has 9 heteroatoms. The van der Waals surface area contributed by atoms with Crippen LogP contribution < -0.4 is 14.3 Å². The van der Waals surface area contributed by atoms with Crippen LogP contribution in [0.25, 0.3) is 0 Å². The second kappa shape index (κ2) is 6.59. The van der Waals surface area contributed by atoms with Crippen molar-refractivity contribution in [3.05, 3.63) is 23.0 Å². The third kappa shape index (κ3) is 3.24. The Kier molecular flexibility index (Phi) is 4.58. The number of aryl methyl sites for hydroxylation is 1. The largest absolute Gasteiger partial charge is 0.506 e. The number of nitrogens with one attached hydrogen (secondary N) is 2. The number of phenolic OH excluding ortho intramolecular Hbond substituents is 1. The molecule has 2 fully saturated rings. The Morgan fingerprint density at radius 2 is 2.14 bits per heavy atom. The zero-order valence-corrected chi connectivity index (χ0v) is 16.9. The fraction of sp³-hybridized carbons (Fsp3) is 0.632. The molecule has 0 saturated carbocycles. The molecule has 1 spiro atoms. The van der Waals surface area contributed by atoms with Crippen LogP contribution in [0.2, 0.25) is 0 Å². The number of benzene rings is 1. The molecule has 0 bridgehead atoms. The monoisotopic (exact) mass is 411 g/mol. The van der Waals surface area contributed by atoms with Gasteiger partial charge in [-0.3, -0.25) is 4.79 Å². The summed E-state index contributed by atoms with van der Waals surface area (Å²) in [6, 6.07) is 1.85. The van der Waals surface area contributed by atoms with Gasteiger partial charge in [0, 0.05) is 11.6 Å². The number of nitrogens with zero attached hydrogens (tertiary/aromatic N) is 1. The van der Waals surface area contributed by atoms with E-state index in [0.29, 0.717) is 40.2 Å². The standard InChI is InChI=1S/C19H26FN3O4S/c1-11(2)7-13-4-6-19(21-13)5-3-12-8-15(24)18(17(20)14(12)9-19)23-10-16(25)22-28(23,26)27/h8,11,13,21,24H,3-7,9-10H2,1-2H3,(H,22,25). The van der Waals surface area contributed by atoms with E-state index in [2.05, 4.69) is 19.2 Å². The van der Waals surface area contributed by atoms with Crippen LogP contribution in [0.4, 0.5) is 10.1 Å². The minimum absolute atomic E-state index is 0.195. The molecule has 1 aromatic rings. The molecule has 2 aliphatic heterocycles. The number of halogens is 1. The SMILES string of the molecule is CC(C)CC1CCC2(CCc3cc(O)c(N4CC(=O)NS4(=O)=O)c(F)c3C2)N1. The molecule has 2 unspecified atom stereocenters. The third-order valence-corrected chi connectivity index (χ3v) is 7.49. The summed E-state index contributed by atoms with van der Waals surface area (Å²) in [5.41, 5.74) is 0.506. The van der Waals surface area contributed by atoms with Crippen molar-refractivity contribution in [1.82, 2.24) is 10.0 Å². The Morgan fingerprint density at radius 1 is 1.39 bits per heavy atom. The summed E-state index contributed by atoms with van der Waals surface area (Å²) in [4.78, 5) is 11.5. The zero-order chi connectivity index (χ0) is 20.3. The topological polar surface area (TPSA) is 98.7 Å². The van der Waals surface area contributed by atoms with Crippen molar-refractivity contribution < 1.29 is 22.7 Å². The van der Waals surface area contributed by atoms with Gasteiger partial charge in [0.25, 0.3) is 5.91 Å². The minimum Gasteiger partial charge on any atom is -0.506 e. The first-order valence-corrected chi connectivity index (χ1v) is 11.2. The van der Waals surface area contributed by atoms with Gasteiger partial charge in [0.15, 0.2) is 5.82 Å². The van der Waals surface area contributed by atoms with Crippen molar-refractivity contribution in [2.75, 3.05) is 10.8 Å². The van der Waals surface area contributed by atoms with Gasteiger partial charge in [-0.05, 0) is 61.6 Å². The van der Waals surface area contributed by atoms with Gasteiger partial charge in [-0.2, -0.15) is 8.42 Å². The van der Waals surface area contributed by atoms with Crippen LogP contribution in [0.1, 0.15) is 50.7 Å². The number of anilines is 1. The van der Waals surface area contributed by atoms with E-state index in [1.54, 1.807) is 0 Å². The molecule has 1 aliphatic carbocycles. The molecule has 154 valence electrons. The van der Waals surface area contributed by atoms with Gasteiger partial charge in [0.1, 0.15) is 18.0 Å². The van der Waals surface area contributed by atoms with Crippen molar-refractivity contribution in [2.24, 2.45) is 5.92 Å². The van der Waals surface area contributed by atoms with Gasteiger partial charge >= 0.3 is 10.2 Å². The molecule has 0 radical (unpaired) electrons. The average molecular weight is 411 g/mol. The fourth-order valence-corrected chi connectivity index (χ4v) is 6.09. The summed E-state index contributed by atoms with van der Waals surface area (Å²) in [5, 5.41) is 14.0. The van der Waals surface area contributed by atoms with Crippen molar-refractivity contribution >= 4 is 21.8 Å². The molecule has 3 aliphatic rings. The van der Waals surface area contributed by atoms with Crippen molar-refractivity contribution in [2.45, 2.75) is 64.0 Å². The van der Waals surface area contributed by atoms with Crippen LogP contribution in [0.3, 0.4) is 0 Å². The number of amides is 1. The highest BCUT2D eigenvalue weighted by atomic mass is 32.2. The lowest BCUT2D eigenvalue weighted by Gasteiger charge is -2.37. The van der Waals surface area contributed by atoms with E-state index >= 15 is 4.39 Å². The van der Waals surface area contributed by atoms with Crippen LogP contribution >= 0.6 is 0 Å². The van der Waals surface area contributed by atoms with E-state index in [9.17, 15) is 18.3 Å². The molecule has 2 saturated heterocycles. The molecule has 2 atom stereocenters. The van der Waals surface area contributed by atoms with Crippen LogP contribution in [0.5, 0.6) is 5.75 Å². The van der Waals surface area contributed by atoms with Crippen molar-refractivity contribution in [3.8, 4) is 5.75 Å². The summed E-state index contributed by atoms with van der Waals surface area (Å²) in [6.07, 6.45) is 4.98. The maximum atomic E-state index is 15.4. The van der Waals surface area contributed by atoms with Crippen molar-refractivity contribution in [3.63, 3.8) is 0 Å². The van der Waals surface area contributed by atoms with Gasteiger partial charge in [-0.25, -0.2) is 13.4 Å². The van der Waals surface area contributed by atoms with Gasteiger partial charge in [0.05, 0.1) is 0 Å². The summed E-state index contributed by atoms with van der Waals surface area (Å²) in [6.45, 7) is 3.83. The van der Waals surface area contributed by atoms with E-state index < -0.39 is 39.9 Å². The number of carbonyl (C=O) groups is 1. The van der Waals surface area contributed by atoms with Crippen LogP contribution in [0, 0.1) is 11.7 Å². The second-order valence-corrected chi connectivity index (χ2v) is 10.3. The van der Waals surface area contributed by atoms with E-state index in [0.717, 1.165) is 25.7 Å². The molecule has 2 heterocycles. The number of hydrogen-bond acceptors (Lipinski definition) is 5. The number of phenols is 1. The second-order valence-electron chi connectivity index (χ2n) is 8.70. The quantitative estimate of drug-likeness (QED) is 0.704. The number of rotatable bonds is 3. The fourth-order valence-electron chi connectivity index (χ4n) is 4.93. The van der Waals surface area contributed by atoms with E-state index in [-0.39, 0.29) is 5.54 Å². The third-order valence-electron chi connectivity index (χ3n) is 6.11. The molecule has 4 rings (SSSR count). The number of fused-ring (bicyclic) bond motifs is 1. The lowest BCUT2D eigenvalue weighted by atomic mass is 9.76. The smallest absolute Gasteiger partial charge is 0.326 e. The van der Waals surface area contributed by atoms with Gasteiger partial charge < -0.3 is 10.4 Å². The lowest BCUT2D eigenvalue weighted by Crippen LogP contribution is -2.48. The Balaban J connectivity index is 1.68. The molecule has 1 amide bonds. The highest BCUT2D eigenvalue weighted by Gasteiger charge is 2.44. The number of hydrogen-bond donors (Lipinski definition) is 3. The van der Waals surface area contributed by atoms with Gasteiger partial charge in [-0.15, -0.1) is 0 Å². The lowest BCUT2D eigenvalue weighted by molar-refractivity contribution is -0.117. The normalized spacial score (nSPS) is 28.8. The maximum Gasteiger partial charge on any atom is 0.326 e. The molecule has 0 aromatic heterocycles. The summed E-state index contributed by atoms with van der Waals surface area (Å²) >= 11 is 0. The number of carbonyl (C=O) groups excluding carboxylic acids is 1. The highest BCUT2D eigenvalue weighted by molar-refractivity contribution is 7.92. The molecule has 28 heavy (non-hydrogen) atoms. The average Bonchev–Trinajstić information content (AvgIpc) is 3.08. The summed E-state index contributed by atoms with van der Waals surface area (Å²) in [7, 11) is -4.19. The van der Waals surface area contributed by atoms with E-state index in [1.165, 1.54) is 6.07 Å². The summed E-state index contributed by atoms with van der Waals surface area (Å²) < 4.78 is 42.2. The molecule has 3 N–H and O–H groups in total. The molecule has 1 aromatic carbocycles. The van der Waals surface area contributed by atoms with Crippen LogP contribution in [0.15, 0.2) is 6.07 Å². The molecule has 7 nitrogen and oxygen atoms in total. The number of aromatic hydroxyl groups is 1. The van der Waals surface area contributed by atoms with E-state index in [1.807, 2.05) is 4.72 Å². The Labute approximate surface area is 164 Å². The van der Waals surface area contributed by atoms with Crippen molar-refractivity contribution in [1.29, 1.82) is 0 Å². The Hall–Kier alpha value is -1.87.